The third-order valence-corrected chi connectivity index (χ3v) is 3.50. The van der Waals surface area contributed by atoms with Crippen molar-refractivity contribution in [3.63, 3.8) is 0 Å². The number of anilines is 1. The van der Waals surface area contributed by atoms with Crippen LogP contribution in [0.5, 0.6) is 0 Å². The highest BCUT2D eigenvalue weighted by atomic mass is 16.2. The third-order valence-electron chi connectivity index (χ3n) is 3.50. The lowest BCUT2D eigenvalue weighted by Crippen LogP contribution is -2.24. The first-order valence-corrected chi connectivity index (χ1v) is 7.77. The SMILES string of the molecule is C=CCNC(=O)c1cc(C(=O)Nc2ccc(C(C)C)cc2)ccn1. The van der Waals surface area contributed by atoms with E-state index >= 15 is 0 Å². The minimum Gasteiger partial charge on any atom is -0.347 e. The first-order chi connectivity index (χ1) is 11.5. The Bertz CT molecular complexity index is 737. The number of hydrogen-bond donors (Lipinski definition) is 2. The molecule has 2 N–H and O–H groups in total. The molecule has 124 valence electrons. The van der Waals surface area contributed by atoms with E-state index in [1.165, 1.54) is 17.8 Å². The van der Waals surface area contributed by atoms with Gasteiger partial charge in [0.25, 0.3) is 11.8 Å². The number of carbonyl (C=O) groups is 2. The van der Waals surface area contributed by atoms with E-state index in [9.17, 15) is 9.59 Å². The van der Waals surface area contributed by atoms with Crippen LogP contribution < -0.4 is 10.6 Å². The van der Waals surface area contributed by atoms with Crippen molar-refractivity contribution in [1.82, 2.24) is 10.3 Å². The first kappa shape index (κ1) is 17.4. The molecular formula is C19H21N3O2. The Morgan fingerprint density at radius 3 is 2.50 bits per heavy atom. The molecule has 0 aliphatic carbocycles. The maximum atomic E-state index is 12.3. The van der Waals surface area contributed by atoms with Crippen LogP contribution in [-0.4, -0.2) is 23.3 Å². The molecule has 5 heteroatoms. The second-order valence-electron chi connectivity index (χ2n) is 5.66. The van der Waals surface area contributed by atoms with Gasteiger partial charge in [0.1, 0.15) is 5.69 Å². The van der Waals surface area contributed by atoms with E-state index in [1.54, 1.807) is 12.1 Å². The fraction of sp³-hybridized carbons (Fsp3) is 0.211. The summed E-state index contributed by atoms with van der Waals surface area (Å²) in [5, 5.41) is 5.45. The van der Waals surface area contributed by atoms with E-state index in [0.29, 0.717) is 23.7 Å². The van der Waals surface area contributed by atoms with E-state index in [1.807, 2.05) is 24.3 Å². The molecule has 0 unspecified atom stereocenters. The summed E-state index contributed by atoms with van der Waals surface area (Å²) in [5.74, 6) is -0.190. The monoisotopic (exact) mass is 323 g/mol. The smallest absolute Gasteiger partial charge is 0.270 e. The Hall–Kier alpha value is -2.95. The molecule has 5 nitrogen and oxygen atoms in total. The zero-order chi connectivity index (χ0) is 17.5. The summed E-state index contributed by atoms with van der Waals surface area (Å²) in [6.07, 6.45) is 3.02. The largest absolute Gasteiger partial charge is 0.347 e. The van der Waals surface area contributed by atoms with Crippen LogP contribution in [0, 0.1) is 0 Å². The number of nitrogens with zero attached hydrogens (tertiary/aromatic N) is 1. The molecule has 0 atom stereocenters. The van der Waals surface area contributed by atoms with Crippen LogP contribution in [0.15, 0.2) is 55.3 Å². The molecule has 2 aromatic rings. The first-order valence-electron chi connectivity index (χ1n) is 7.77. The van der Waals surface area contributed by atoms with Gasteiger partial charge >= 0.3 is 0 Å². The lowest BCUT2D eigenvalue weighted by molar-refractivity contribution is 0.0953. The van der Waals surface area contributed by atoms with Gasteiger partial charge in [0.2, 0.25) is 0 Å². The quantitative estimate of drug-likeness (QED) is 0.801. The normalized spacial score (nSPS) is 10.3. The molecule has 24 heavy (non-hydrogen) atoms. The lowest BCUT2D eigenvalue weighted by Gasteiger charge is -2.09. The molecule has 0 fully saturated rings. The fourth-order valence-electron chi connectivity index (χ4n) is 2.11. The molecule has 0 radical (unpaired) electrons. The maximum Gasteiger partial charge on any atom is 0.270 e. The van der Waals surface area contributed by atoms with Crippen molar-refractivity contribution in [2.45, 2.75) is 19.8 Å². The van der Waals surface area contributed by atoms with Gasteiger partial charge in [0.15, 0.2) is 0 Å². The van der Waals surface area contributed by atoms with E-state index in [-0.39, 0.29) is 17.5 Å². The minimum absolute atomic E-state index is 0.194. The Kier molecular flexibility index (Phi) is 5.84. The second kappa shape index (κ2) is 8.06. The number of hydrogen-bond acceptors (Lipinski definition) is 3. The van der Waals surface area contributed by atoms with Crippen LogP contribution in [0.4, 0.5) is 5.69 Å². The van der Waals surface area contributed by atoms with Crippen molar-refractivity contribution >= 4 is 17.5 Å². The molecule has 0 aliphatic rings. The third kappa shape index (κ3) is 4.52. The summed E-state index contributed by atoms with van der Waals surface area (Å²) >= 11 is 0. The van der Waals surface area contributed by atoms with Crippen molar-refractivity contribution in [2.75, 3.05) is 11.9 Å². The number of rotatable bonds is 6. The van der Waals surface area contributed by atoms with E-state index < -0.39 is 0 Å². The number of amides is 2. The van der Waals surface area contributed by atoms with E-state index in [2.05, 4.69) is 36.0 Å². The number of nitrogens with one attached hydrogen (secondary N) is 2. The maximum absolute atomic E-state index is 12.3. The molecular weight excluding hydrogens is 302 g/mol. The predicted molar refractivity (Wildman–Crippen MR) is 95.3 cm³/mol. The van der Waals surface area contributed by atoms with Gasteiger partial charge in [-0.15, -0.1) is 6.58 Å². The highest BCUT2D eigenvalue weighted by Crippen LogP contribution is 2.17. The molecule has 0 aliphatic heterocycles. The Morgan fingerprint density at radius 2 is 1.88 bits per heavy atom. The summed E-state index contributed by atoms with van der Waals surface area (Å²) in [7, 11) is 0. The predicted octanol–water partition coefficient (Wildman–Crippen LogP) is 3.37. The van der Waals surface area contributed by atoms with Gasteiger partial charge in [-0.1, -0.05) is 32.1 Å². The number of aromatic nitrogens is 1. The van der Waals surface area contributed by atoms with E-state index in [0.717, 1.165) is 0 Å². The molecule has 0 spiro atoms. The van der Waals surface area contributed by atoms with Crippen LogP contribution in [-0.2, 0) is 0 Å². The van der Waals surface area contributed by atoms with Gasteiger partial charge in [-0.25, -0.2) is 0 Å². The minimum atomic E-state index is -0.342. The second-order valence-corrected chi connectivity index (χ2v) is 5.66. The Balaban J connectivity index is 2.09. The van der Waals surface area contributed by atoms with Crippen molar-refractivity contribution in [1.29, 1.82) is 0 Å². The molecule has 1 aromatic heterocycles. The summed E-state index contributed by atoms with van der Waals surface area (Å²) in [5.41, 5.74) is 2.48. The number of carbonyl (C=O) groups excluding carboxylic acids is 2. The molecule has 0 bridgehead atoms. The topological polar surface area (TPSA) is 71.1 Å². The van der Waals surface area contributed by atoms with Crippen molar-refractivity contribution in [3.8, 4) is 0 Å². The van der Waals surface area contributed by atoms with Gasteiger partial charge in [-0.3, -0.25) is 14.6 Å². The molecule has 2 rings (SSSR count). The Labute approximate surface area is 141 Å². The van der Waals surface area contributed by atoms with Gasteiger partial charge in [0, 0.05) is 24.0 Å². The van der Waals surface area contributed by atoms with Crippen LogP contribution in [0.2, 0.25) is 0 Å². The van der Waals surface area contributed by atoms with Gasteiger partial charge in [-0.2, -0.15) is 0 Å². The van der Waals surface area contributed by atoms with Crippen LogP contribution >= 0.6 is 0 Å². The van der Waals surface area contributed by atoms with Crippen LogP contribution in [0.25, 0.3) is 0 Å². The fourth-order valence-corrected chi connectivity index (χ4v) is 2.11. The average molecular weight is 323 g/mol. The standard InChI is InChI=1S/C19H21N3O2/c1-4-10-21-19(24)17-12-15(9-11-20-17)18(23)22-16-7-5-14(6-8-16)13(2)3/h4-9,11-13H,1,10H2,2-3H3,(H,21,24)(H,22,23). The summed E-state index contributed by atoms with van der Waals surface area (Å²) in [4.78, 5) is 28.2. The van der Waals surface area contributed by atoms with Crippen LogP contribution in [0.1, 0.15) is 46.2 Å². The average Bonchev–Trinajstić information content (AvgIpc) is 2.60. The highest BCUT2D eigenvalue weighted by Gasteiger charge is 2.11. The summed E-state index contributed by atoms with van der Waals surface area (Å²) < 4.78 is 0. The summed E-state index contributed by atoms with van der Waals surface area (Å²) in [6.45, 7) is 8.11. The zero-order valence-electron chi connectivity index (χ0n) is 13.9. The highest BCUT2D eigenvalue weighted by molar-refractivity contribution is 6.05. The lowest BCUT2D eigenvalue weighted by atomic mass is 10.0. The zero-order valence-corrected chi connectivity index (χ0v) is 13.9. The van der Waals surface area contributed by atoms with Crippen molar-refractivity contribution in [3.05, 3.63) is 72.1 Å². The molecule has 2 amide bonds. The van der Waals surface area contributed by atoms with Crippen molar-refractivity contribution in [2.24, 2.45) is 0 Å². The van der Waals surface area contributed by atoms with Crippen LogP contribution in [0.3, 0.4) is 0 Å². The molecule has 1 heterocycles. The Morgan fingerprint density at radius 1 is 1.17 bits per heavy atom. The van der Waals surface area contributed by atoms with Crippen molar-refractivity contribution < 1.29 is 9.59 Å². The van der Waals surface area contributed by atoms with Gasteiger partial charge in [0.05, 0.1) is 0 Å². The summed E-state index contributed by atoms with van der Waals surface area (Å²) in [6, 6.07) is 10.7. The molecule has 0 saturated heterocycles. The number of benzene rings is 1. The molecule has 0 saturated carbocycles. The molecule has 1 aromatic carbocycles. The van der Waals surface area contributed by atoms with E-state index in [4.69, 9.17) is 0 Å². The van der Waals surface area contributed by atoms with Gasteiger partial charge in [-0.05, 0) is 35.7 Å². The van der Waals surface area contributed by atoms with Gasteiger partial charge < -0.3 is 10.6 Å². The number of pyridine rings is 1.